The number of sulfonamides is 1. The smallest absolute Gasteiger partial charge is 0.259 e. The van der Waals surface area contributed by atoms with Crippen molar-refractivity contribution in [1.82, 2.24) is 14.3 Å². The largest absolute Gasteiger partial charge is 0.334 e. The minimum absolute atomic E-state index is 0.0630. The molecule has 1 aromatic rings. The highest BCUT2D eigenvalue weighted by Gasteiger charge is 2.22. The van der Waals surface area contributed by atoms with E-state index in [1.165, 1.54) is 0 Å². The normalized spacial score (nSPS) is 14.4. The molecule has 7 heteroatoms. The van der Waals surface area contributed by atoms with Gasteiger partial charge < -0.3 is 4.57 Å². The third kappa shape index (κ3) is 5.96. The van der Waals surface area contributed by atoms with E-state index in [-0.39, 0.29) is 22.4 Å². The number of aromatic nitrogens is 2. The lowest BCUT2D eigenvalue weighted by Crippen LogP contribution is -2.32. The number of nitrogens with zero attached hydrogens (tertiary/aromatic N) is 2. The predicted octanol–water partition coefficient (Wildman–Crippen LogP) is 2.92. The van der Waals surface area contributed by atoms with Crippen LogP contribution >= 0.6 is 11.6 Å². The van der Waals surface area contributed by atoms with Crippen LogP contribution in [-0.4, -0.2) is 29.9 Å². The SMILES string of the molecule is CCCn1cc(S(=O)(=O)NCC(Cl)CC(C)(C)C)nc1C. The molecule has 0 bridgehead atoms. The van der Waals surface area contributed by atoms with Crippen LogP contribution in [0.25, 0.3) is 0 Å². The van der Waals surface area contributed by atoms with E-state index in [0.717, 1.165) is 19.4 Å². The van der Waals surface area contributed by atoms with Gasteiger partial charge in [0.1, 0.15) is 5.82 Å². The van der Waals surface area contributed by atoms with Crippen LogP contribution in [0.4, 0.5) is 0 Å². The highest BCUT2D eigenvalue weighted by atomic mass is 35.5. The zero-order valence-electron chi connectivity index (χ0n) is 13.5. The van der Waals surface area contributed by atoms with E-state index in [4.69, 9.17) is 11.6 Å². The minimum Gasteiger partial charge on any atom is -0.334 e. The summed E-state index contributed by atoms with van der Waals surface area (Å²) in [4.78, 5) is 4.12. The van der Waals surface area contributed by atoms with Crippen molar-refractivity contribution in [2.75, 3.05) is 6.54 Å². The lowest BCUT2D eigenvalue weighted by atomic mass is 9.90. The Hall–Kier alpha value is -0.590. The average molecular weight is 336 g/mol. The van der Waals surface area contributed by atoms with Crippen molar-refractivity contribution in [3.05, 3.63) is 12.0 Å². The summed E-state index contributed by atoms with van der Waals surface area (Å²) in [5.74, 6) is 0.703. The molecule has 0 aliphatic heterocycles. The Morgan fingerprint density at radius 3 is 2.57 bits per heavy atom. The van der Waals surface area contributed by atoms with Gasteiger partial charge in [0.15, 0.2) is 5.03 Å². The molecule has 0 aliphatic rings. The first kappa shape index (κ1) is 18.5. The van der Waals surface area contributed by atoms with Crippen molar-refractivity contribution in [3.8, 4) is 0 Å². The van der Waals surface area contributed by atoms with Crippen LogP contribution in [0.1, 0.15) is 46.4 Å². The van der Waals surface area contributed by atoms with Gasteiger partial charge in [0.2, 0.25) is 0 Å². The molecule has 0 aliphatic carbocycles. The summed E-state index contributed by atoms with van der Waals surface area (Å²) < 4.78 is 28.8. The first-order chi connectivity index (χ1) is 9.55. The van der Waals surface area contributed by atoms with Crippen molar-refractivity contribution in [2.24, 2.45) is 5.41 Å². The summed E-state index contributed by atoms with van der Waals surface area (Å²) in [6.45, 7) is 11.0. The van der Waals surface area contributed by atoms with Crippen LogP contribution in [0.5, 0.6) is 0 Å². The first-order valence-electron chi connectivity index (χ1n) is 7.22. The van der Waals surface area contributed by atoms with Crippen LogP contribution in [0, 0.1) is 12.3 Å². The lowest BCUT2D eigenvalue weighted by Gasteiger charge is -2.21. The van der Waals surface area contributed by atoms with Gasteiger partial charge in [-0.3, -0.25) is 0 Å². The molecule has 1 heterocycles. The van der Waals surface area contributed by atoms with E-state index in [1.54, 1.807) is 13.1 Å². The van der Waals surface area contributed by atoms with Crippen LogP contribution in [-0.2, 0) is 16.6 Å². The number of nitrogens with one attached hydrogen (secondary N) is 1. The van der Waals surface area contributed by atoms with Gasteiger partial charge >= 0.3 is 0 Å². The Balaban J connectivity index is 2.71. The third-order valence-corrected chi connectivity index (χ3v) is 4.63. The summed E-state index contributed by atoms with van der Waals surface area (Å²) in [6, 6.07) is 0. The predicted molar refractivity (Wildman–Crippen MR) is 86.2 cm³/mol. The number of alkyl halides is 1. The van der Waals surface area contributed by atoms with Gasteiger partial charge in [0.05, 0.1) is 0 Å². The monoisotopic (exact) mass is 335 g/mol. The van der Waals surface area contributed by atoms with E-state index in [2.05, 4.69) is 30.5 Å². The maximum Gasteiger partial charge on any atom is 0.259 e. The van der Waals surface area contributed by atoms with E-state index < -0.39 is 10.0 Å². The Morgan fingerprint density at radius 2 is 2.05 bits per heavy atom. The van der Waals surface area contributed by atoms with Gasteiger partial charge in [-0.25, -0.2) is 18.1 Å². The maximum absolute atomic E-state index is 12.2. The average Bonchev–Trinajstić information content (AvgIpc) is 2.68. The molecule has 0 radical (unpaired) electrons. The van der Waals surface area contributed by atoms with Crippen LogP contribution in [0.15, 0.2) is 11.2 Å². The van der Waals surface area contributed by atoms with Crippen LogP contribution in [0.3, 0.4) is 0 Å². The molecule has 0 saturated carbocycles. The highest BCUT2D eigenvalue weighted by Crippen LogP contribution is 2.23. The molecule has 21 heavy (non-hydrogen) atoms. The highest BCUT2D eigenvalue weighted by molar-refractivity contribution is 7.89. The molecule has 122 valence electrons. The second-order valence-corrected chi connectivity index (χ2v) is 8.86. The topological polar surface area (TPSA) is 64.0 Å². The van der Waals surface area contributed by atoms with Crippen LogP contribution < -0.4 is 4.72 Å². The van der Waals surface area contributed by atoms with Gasteiger partial charge in [0, 0.05) is 24.7 Å². The van der Waals surface area contributed by atoms with Gasteiger partial charge in [-0.1, -0.05) is 27.7 Å². The molecule has 1 atom stereocenters. The number of imidazole rings is 1. The summed E-state index contributed by atoms with van der Waals surface area (Å²) in [5.41, 5.74) is 0.0666. The van der Waals surface area contributed by atoms with Crippen LogP contribution in [0.2, 0.25) is 0 Å². The van der Waals surface area contributed by atoms with E-state index >= 15 is 0 Å². The van der Waals surface area contributed by atoms with Gasteiger partial charge in [-0.15, -0.1) is 11.6 Å². The summed E-state index contributed by atoms with van der Waals surface area (Å²) in [6.07, 6.45) is 3.24. The first-order valence-corrected chi connectivity index (χ1v) is 9.14. The molecule has 0 aromatic carbocycles. The van der Waals surface area contributed by atoms with Crippen molar-refractivity contribution in [2.45, 2.75) is 64.4 Å². The summed E-state index contributed by atoms with van der Waals surface area (Å²) in [7, 11) is -3.60. The lowest BCUT2D eigenvalue weighted by molar-refractivity contribution is 0.369. The standard InChI is InChI=1S/C14H26ClN3O2S/c1-6-7-18-10-13(17-11(18)2)21(19,20)16-9-12(15)8-14(3,4)5/h10,12,16H,6-9H2,1-5H3. The summed E-state index contributed by atoms with van der Waals surface area (Å²) in [5, 5.41) is -0.174. The van der Waals surface area contributed by atoms with Gasteiger partial charge in [-0.05, 0) is 25.2 Å². The zero-order valence-corrected chi connectivity index (χ0v) is 15.1. The fourth-order valence-electron chi connectivity index (χ4n) is 2.09. The van der Waals surface area contributed by atoms with Gasteiger partial charge in [0.25, 0.3) is 10.0 Å². The number of halogens is 1. The van der Waals surface area contributed by atoms with Crippen molar-refractivity contribution in [3.63, 3.8) is 0 Å². The second-order valence-electron chi connectivity index (χ2n) is 6.53. The van der Waals surface area contributed by atoms with Gasteiger partial charge in [-0.2, -0.15) is 0 Å². The fourth-order valence-corrected chi connectivity index (χ4v) is 3.81. The van der Waals surface area contributed by atoms with E-state index in [9.17, 15) is 8.42 Å². The third-order valence-electron chi connectivity index (χ3n) is 3.02. The van der Waals surface area contributed by atoms with Crippen molar-refractivity contribution >= 4 is 21.6 Å². The molecule has 0 fully saturated rings. The maximum atomic E-state index is 12.2. The fraction of sp³-hybridized carbons (Fsp3) is 0.786. The minimum atomic E-state index is -3.60. The molecular weight excluding hydrogens is 310 g/mol. The number of hydrogen-bond acceptors (Lipinski definition) is 3. The molecule has 0 spiro atoms. The Morgan fingerprint density at radius 1 is 1.43 bits per heavy atom. The summed E-state index contributed by atoms with van der Waals surface area (Å²) >= 11 is 6.19. The zero-order chi connectivity index (χ0) is 16.3. The molecule has 1 rings (SSSR count). The molecule has 1 unspecified atom stereocenters. The van der Waals surface area contributed by atoms with Crippen molar-refractivity contribution in [1.29, 1.82) is 0 Å². The molecule has 0 saturated heterocycles. The van der Waals surface area contributed by atoms with E-state index in [1.807, 2.05) is 11.5 Å². The Kier molecular flexibility index (Phi) is 6.25. The van der Waals surface area contributed by atoms with E-state index in [0.29, 0.717) is 5.82 Å². The second kappa shape index (κ2) is 7.11. The molecular formula is C14H26ClN3O2S. The number of rotatable bonds is 7. The number of hydrogen-bond donors (Lipinski definition) is 1. The molecule has 1 aromatic heterocycles. The molecule has 1 N–H and O–H groups in total. The Labute approximate surface area is 133 Å². The molecule has 0 amide bonds. The molecule has 5 nitrogen and oxygen atoms in total. The van der Waals surface area contributed by atoms with Crippen molar-refractivity contribution < 1.29 is 8.42 Å². The number of aryl methyl sites for hydroxylation is 2. The Bertz CT molecular complexity index is 561. The quantitative estimate of drug-likeness (QED) is 0.779.